The minimum absolute atomic E-state index is 0.166. The number of methoxy groups -OCH3 is 2. The second kappa shape index (κ2) is 4.53. The van der Waals surface area contributed by atoms with Gasteiger partial charge in [-0.15, -0.1) is 0 Å². The Morgan fingerprint density at radius 3 is 2.81 bits per heavy atom. The molecule has 0 aromatic heterocycles. The fraction of sp³-hybridized carbons (Fsp3) is 0.417. The second-order valence-electron chi connectivity index (χ2n) is 3.81. The molecule has 0 radical (unpaired) electrons. The third kappa shape index (κ3) is 2.02. The van der Waals surface area contributed by atoms with E-state index in [-0.39, 0.29) is 18.1 Å². The molecule has 0 saturated carbocycles. The highest BCUT2D eigenvalue weighted by Gasteiger charge is 2.35. The van der Waals surface area contributed by atoms with Crippen molar-refractivity contribution in [2.45, 2.75) is 18.5 Å². The van der Waals surface area contributed by atoms with Crippen LogP contribution in [0.5, 0.6) is 5.75 Å². The number of ether oxygens (including phenoxy) is 2. The van der Waals surface area contributed by atoms with Crippen molar-refractivity contribution >= 4 is 5.97 Å². The largest absolute Gasteiger partial charge is 0.497 e. The van der Waals surface area contributed by atoms with E-state index < -0.39 is 0 Å². The summed E-state index contributed by atoms with van der Waals surface area (Å²) in [6, 6.07) is 7.90. The van der Waals surface area contributed by atoms with Gasteiger partial charge in [-0.25, -0.2) is 0 Å². The van der Waals surface area contributed by atoms with Gasteiger partial charge in [-0.3, -0.25) is 10.1 Å². The van der Waals surface area contributed by atoms with Gasteiger partial charge >= 0.3 is 5.97 Å². The third-order valence-corrected chi connectivity index (χ3v) is 2.86. The van der Waals surface area contributed by atoms with Crippen LogP contribution in [0.1, 0.15) is 18.0 Å². The average Bonchev–Trinajstić information content (AvgIpc) is 2.27. The normalized spacial score (nSPS) is 23.4. The van der Waals surface area contributed by atoms with Crippen molar-refractivity contribution in [1.82, 2.24) is 5.32 Å². The standard InChI is InChI=1S/C12H15NO3/c1-15-9-5-3-4-8(6-9)10-7-11(13-10)12(14)16-2/h3-6,10-11,13H,7H2,1-2H3. The number of rotatable bonds is 3. The predicted octanol–water partition coefficient (Wildman–Crippen LogP) is 1.27. The number of hydrogen-bond acceptors (Lipinski definition) is 4. The maximum atomic E-state index is 11.2. The third-order valence-electron chi connectivity index (χ3n) is 2.86. The molecule has 1 heterocycles. The predicted molar refractivity (Wildman–Crippen MR) is 59.3 cm³/mol. The van der Waals surface area contributed by atoms with Crippen molar-refractivity contribution in [3.63, 3.8) is 0 Å². The molecular weight excluding hydrogens is 206 g/mol. The lowest BCUT2D eigenvalue weighted by Gasteiger charge is -2.35. The highest BCUT2D eigenvalue weighted by atomic mass is 16.5. The lowest BCUT2D eigenvalue weighted by Crippen LogP contribution is -2.51. The molecule has 0 amide bonds. The Labute approximate surface area is 94.6 Å². The number of hydrogen-bond donors (Lipinski definition) is 1. The Bertz CT molecular complexity index is 386. The van der Waals surface area contributed by atoms with E-state index in [1.165, 1.54) is 7.11 Å². The molecular formula is C12H15NO3. The first kappa shape index (κ1) is 11.0. The van der Waals surface area contributed by atoms with Crippen LogP contribution < -0.4 is 10.1 Å². The zero-order valence-electron chi connectivity index (χ0n) is 9.40. The summed E-state index contributed by atoms with van der Waals surface area (Å²) in [7, 11) is 3.05. The van der Waals surface area contributed by atoms with E-state index in [0.717, 1.165) is 17.7 Å². The van der Waals surface area contributed by atoms with Gasteiger partial charge in [-0.1, -0.05) is 12.1 Å². The van der Waals surface area contributed by atoms with E-state index in [0.29, 0.717) is 0 Å². The van der Waals surface area contributed by atoms with Crippen LogP contribution in [0.15, 0.2) is 24.3 Å². The number of benzene rings is 1. The van der Waals surface area contributed by atoms with E-state index in [9.17, 15) is 4.79 Å². The highest BCUT2D eigenvalue weighted by molar-refractivity contribution is 5.77. The van der Waals surface area contributed by atoms with Crippen LogP contribution in [0.3, 0.4) is 0 Å². The molecule has 1 fully saturated rings. The fourth-order valence-electron chi connectivity index (χ4n) is 1.85. The molecule has 1 N–H and O–H groups in total. The van der Waals surface area contributed by atoms with E-state index in [2.05, 4.69) is 10.1 Å². The number of esters is 1. The van der Waals surface area contributed by atoms with Crippen molar-refractivity contribution < 1.29 is 14.3 Å². The van der Waals surface area contributed by atoms with Crippen molar-refractivity contribution in [2.75, 3.05) is 14.2 Å². The molecule has 16 heavy (non-hydrogen) atoms. The maximum absolute atomic E-state index is 11.2. The van der Waals surface area contributed by atoms with Gasteiger partial charge < -0.3 is 9.47 Å². The maximum Gasteiger partial charge on any atom is 0.322 e. The number of carbonyl (C=O) groups is 1. The lowest BCUT2D eigenvalue weighted by molar-refractivity contribution is -0.146. The summed E-state index contributed by atoms with van der Waals surface area (Å²) in [6.45, 7) is 0. The zero-order chi connectivity index (χ0) is 11.5. The Morgan fingerprint density at radius 2 is 2.19 bits per heavy atom. The van der Waals surface area contributed by atoms with Crippen LogP contribution in [-0.4, -0.2) is 26.2 Å². The molecule has 4 heteroatoms. The molecule has 1 aliphatic rings. The van der Waals surface area contributed by atoms with Gasteiger partial charge in [0.25, 0.3) is 0 Å². The summed E-state index contributed by atoms with van der Waals surface area (Å²) in [6.07, 6.45) is 0.778. The van der Waals surface area contributed by atoms with Crippen LogP contribution in [0.2, 0.25) is 0 Å². The molecule has 1 saturated heterocycles. The van der Waals surface area contributed by atoms with Gasteiger partial charge in [0.05, 0.1) is 14.2 Å². The molecule has 0 spiro atoms. The first-order valence-electron chi connectivity index (χ1n) is 5.22. The summed E-state index contributed by atoms with van der Waals surface area (Å²) in [5.74, 6) is 0.639. The summed E-state index contributed by atoms with van der Waals surface area (Å²) < 4.78 is 9.81. The molecule has 2 atom stereocenters. The molecule has 1 aromatic rings. The molecule has 2 rings (SSSR count). The first-order valence-corrected chi connectivity index (χ1v) is 5.22. The summed E-state index contributed by atoms with van der Waals surface area (Å²) >= 11 is 0. The summed E-state index contributed by atoms with van der Waals surface area (Å²) in [4.78, 5) is 11.2. The van der Waals surface area contributed by atoms with Gasteiger partial charge in [0.15, 0.2) is 0 Å². The Kier molecular flexibility index (Phi) is 3.10. The Morgan fingerprint density at radius 1 is 1.44 bits per heavy atom. The molecule has 1 aromatic carbocycles. The van der Waals surface area contributed by atoms with Crippen LogP contribution in [0.4, 0.5) is 0 Å². The molecule has 2 unspecified atom stereocenters. The second-order valence-corrected chi connectivity index (χ2v) is 3.81. The zero-order valence-corrected chi connectivity index (χ0v) is 9.40. The Balaban J connectivity index is 1.98. The van der Waals surface area contributed by atoms with Gasteiger partial charge in [0.1, 0.15) is 11.8 Å². The Hall–Kier alpha value is -1.55. The van der Waals surface area contributed by atoms with Crippen molar-refractivity contribution in [3.05, 3.63) is 29.8 Å². The summed E-state index contributed by atoms with van der Waals surface area (Å²) in [5.41, 5.74) is 1.14. The first-order chi connectivity index (χ1) is 7.74. The molecule has 86 valence electrons. The minimum atomic E-state index is -0.195. The smallest absolute Gasteiger partial charge is 0.322 e. The summed E-state index contributed by atoms with van der Waals surface area (Å²) in [5, 5.41) is 3.17. The van der Waals surface area contributed by atoms with Crippen LogP contribution in [0, 0.1) is 0 Å². The fourth-order valence-corrected chi connectivity index (χ4v) is 1.85. The van der Waals surface area contributed by atoms with E-state index in [1.807, 2.05) is 24.3 Å². The van der Waals surface area contributed by atoms with Crippen molar-refractivity contribution in [1.29, 1.82) is 0 Å². The number of nitrogens with one attached hydrogen (secondary N) is 1. The molecule has 0 aliphatic carbocycles. The van der Waals surface area contributed by atoms with E-state index in [1.54, 1.807) is 7.11 Å². The van der Waals surface area contributed by atoms with Crippen molar-refractivity contribution in [2.24, 2.45) is 0 Å². The van der Waals surface area contributed by atoms with Gasteiger partial charge in [-0.2, -0.15) is 0 Å². The van der Waals surface area contributed by atoms with E-state index >= 15 is 0 Å². The van der Waals surface area contributed by atoms with Crippen LogP contribution in [-0.2, 0) is 9.53 Å². The van der Waals surface area contributed by atoms with Gasteiger partial charge in [0, 0.05) is 6.04 Å². The molecule has 0 bridgehead atoms. The molecule has 1 aliphatic heterocycles. The van der Waals surface area contributed by atoms with Crippen molar-refractivity contribution in [3.8, 4) is 5.75 Å². The van der Waals surface area contributed by atoms with E-state index in [4.69, 9.17) is 4.74 Å². The average molecular weight is 221 g/mol. The molecule has 4 nitrogen and oxygen atoms in total. The lowest BCUT2D eigenvalue weighted by atomic mass is 9.91. The van der Waals surface area contributed by atoms with Crippen LogP contribution >= 0.6 is 0 Å². The van der Waals surface area contributed by atoms with Crippen LogP contribution in [0.25, 0.3) is 0 Å². The SMILES string of the molecule is COC(=O)C1CC(c2cccc(OC)c2)N1. The minimum Gasteiger partial charge on any atom is -0.497 e. The number of carbonyl (C=O) groups excluding carboxylic acids is 1. The van der Waals surface area contributed by atoms with Gasteiger partial charge in [-0.05, 0) is 24.1 Å². The highest BCUT2D eigenvalue weighted by Crippen LogP contribution is 2.30. The quantitative estimate of drug-likeness (QED) is 0.781. The topological polar surface area (TPSA) is 47.6 Å². The monoisotopic (exact) mass is 221 g/mol. The van der Waals surface area contributed by atoms with Gasteiger partial charge in [0.2, 0.25) is 0 Å².